The van der Waals surface area contributed by atoms with E-state index in [2.05, 4.69) is 16.0 Å². The maximum Gasteiger partial charge on any atom is 0.227 e. The SMILES string of the molecule is O=C(C1CCCN(c2ccccn2)C1)N1CC=C(c2ccc(F)cc2)CC1. The minimum atomic E-state index is -0.221. The standard InChI is InChI=1S/C22H24FN3O/c23-20-8-6-17(7-9-20)18-10-14-25(15-11-18)22(27)19-4-3-13-26(16-19)21-5-1-2-12-24-21/h1-2,5-10,12,19H,3-4,11,13-16H2. The van der Waals surface area contributed by atoms with Crippen LogP contribution in [0, 0.1) is 11.7 Å². The predicted octanol–water partition coefficient (Wildman–Crippen LogP) is 3.75. The Morgan fingerprint density at radius 1 is 1.11 bits per heavy atom. The lowest BCUT2D eigenvalue weighted by Gasteiger charge is -2.36. The molecule has 1 unspecified atom stereocenters. The molecule has 2 aliphatic heterocycles. The number of piperidine rings is 1. The number of nitrogens with zero attached hydrogens (tertiary/aromatic N) is 3. The van der Waals surface area contributed by atoms with E-state index in [9.17, 15) is 9.18 Å². The number of pyridine rings is 1. The summed E-state index contributed by atoms with van der Waals surface area (Å²) >= 11 is 0. The molecule has 4 rings (SSSR count). The molecule has 1 fully saturated rings. The van der Waals surface area contributed by atoms with E-state index in [0.29, 0.717) is 6.54 Å². The third kappa shape index (κ3) is 4.02. The number of hydrogen-bond donors (Lipinski definition) is 0. The molecule has 0 radical (unpaired) electrons. The Hall–Kier alpha value is -2.69. The van der Waals surface area contributed by atoms with Gasteiger partial charge in [-0.3, -0.25) is 4.79 Å². The van der Waals surface area contributed by atoms with Gasteiger partial charge in [0.05, 0.1) is 5.92 Å². The smallest absolute Gasteiger partial charge is 0.227 e. The normalized spacial score (nSPS) is 20.3. The molecule has 2 aromatic rings. The molecule has 27 heavy (non-hydrogen) atoms. The minimum Gasteiger partial charge on any atom is -0.356 e. The van der Waals surface area contributed by atoms with E-state index in [1.54, 1.807) is 6.20 Å². The monoisotopic (exact) mass is 365 g/mol. The summed E-state index contributed by atoms with van der Waals surface area (Å²) in [5, 5.41) is 0. The van der Waals surface area contributed by atoms with Crippen LogP contribution in [0.1, 0.15) is 24.8 Å². The summed E-state index contributed by atoms with van der Waals surface area (Å²) in [6, 6.07) is 12.5. The first-order chi connectivity index (χ1) is 13.2. The minimum absolute atomic E-state index is 0.0292. The quantitative estimate of drug-likeness (QED) is 0.831. The lowest BCUT2D eigenvalue weighted by molar-refractivity contribution is -0.135. The third-order valence-electron chi connectivity index (χ3n) is 5.48. The van der Waals surface area contributed by atoms with Gasteiger partial charge < -0.3 is 9.80 Å². The van der Waals surface area contributed by atoms with Gasteiger partial charge in [0.2, 0.25) is 5.91 Å². The van der Waals surface area contributed by atoms with Crippen LogP contribution in [0.25, 0.3) is 5.57 Å². The topological polar surface area (TPSA) is 36.4 Å². The van der Waals surface area contributed by atoms with E-state index in [-0.39, 0.29) is 17.6 Å². The first-order valence-electron chi connectivity index (χ1n) is 9.60. The highest BCUT2D eigenvalue weighted by molar-refractivity contribution is 5.81. The zero-order chi connectivity index (χ0) is 18.6. The van der Waals surface area contributed by atoms with Crippen LogP contribution in [0.15, 0.2) is 54.7 Å². The number of carbonyl (C=O) groups excluding carboxylic acids is 1. The van der Waals surface area contributed by atoms with Gasteiger partial charge in [-0.1, -0.05) is 24.3 Å². The van der Waals surface area contributed by atoms with Gasteiger partial charge in [0.15, 0.2) is 0 Å². The van der Waals surface area contributed by atoms with Crippen LogP contribution in [0.4, 0.5) is 10.2 Å². The van der Waals surface area contributed by atoms with Crippen LogP contribution in [-0.2, 0) is 4.79 Å². The molecule has 1 amide bonds. The van der Waals surface area contributed by atoms with Crippen molar-refractivity contribution in [1.29, 1.82) is 0 Å². The second-order valence-corrected chi connectivity index (χ2v) is 7.24. The molecule has 0 bridgehead atoms. The van der Waals surface area contributed by atoms with Crippen molar-refractivity contribution >= 4 is 17.3 Å². The molecular formula is C22H24FN3O. The predicted molar refractivity (Wildman–Crippen MR) is 105 cm³/mol. The molecule has 4 nitrogen and oxygen atoms in total. The van der Waals surface area contributed by atoms with Crippen molar-refractivity contribution in [2.45, 2.75) is 19.3 Å². The van der Waals surface area contributed by atoms with Gasteiger partial charge in [-0.25, -0.2) is 9.37 Å². The maximum atomic E-state index is 13.1. The summed E-state index contributed by atoms with van der Waals surface area (Å²) in [5.41, 5.74) is 2.24. The van der Waals surface area contributed by atoms with Crippen molar-refractivity contribution in [2.75, 3.05) is 31.1 Å². The molecule has 1 aromatic carbocycles. The molecule has 5 heteroatoms. The Kier molecular flexibility index (Phi) is 5.19. The molecule has 0 saturated carbocycles. The van der Waals surface area contributed by atoms with E-state index >= 15 is 0 Å². The summed E-state index contributed by atoms with van der Waals surface area (Å²) < 4.78 is 13.1. The first-order valence-corrected chi connectivity index (χ1v) is 9.60. The molecule has 2 aliphatic rings. The van der Waals surface area contributed by atoms with E-state index in [4.69, 9.17) is 0 Å². The lowest BCUT2D eigenvalue weighted by atomic mass is 9.94. The maximum absolute atomic E-state index is 13.1. The van der Waals surface area contributed by atoms with Crippen molar-refractivity contribution in [3.8, 4) is 0 Å². The number of rotatable bonds is 3. The Morgan fingerprint density at radius 2 is 1.96 bits per heavy atom. The Balaban J connectivity index is 1.39. The number of amides is 1. The van der Waals surface area contributed by atoms with Crippen LogP contribution in [0.3, 0.4) is 0 Å². The van der Waals surface area contributed by atoms with E-state index in [0.717, 1.165) is 50.3 Å². The number of anilines is 1. The van der Waals surface area contributed by atoms with Gasteiger partial charge in [-0.15, -0.1) is 0 Å². The largest absolute Gasteiger partial charge is 0.356 e. The van der Waals surface area contributed by atoms with Crippen molar-refractivity contribution in [1.82, 2.24) is 9.88 Å². The fraction of sp³-hybridized carbons (Fsp3) is 0.364. The number of halogens is 1. The zero-order valence-corrected chi connectivity index (χ0v) is 15.4. The fourth-order valence-electron chi connectivity index (χ4n) is 3.98. The highest BCUT2D eigenvalue weighted by Gasteiger charge is 2.30. The summed E-state index contributed by atoms with van der Waals surface area (Å²) in [4.78, 5) is 21.6. The van der Waals surface area contributed by atoms with Crippen molar-refractivity contribution < 1.29 is 9.18 Å². The highest BCUT2D eigenvalue weighted by atomic mass is 19.1. The fourth-order valence-corrected chi connectivity index (χ4v) is 3.98. The van der Waals surface area contributed by atoms with Gasteiger partial charge in [0.25, 0.3) is 0 Å². The van der Waals surface area contributed by atoms with Gasteiger partial charge in [-0.2, -0.15) is 0 Å². The number of hydrogen-bond acceptors (Lipinski definition) is 3. The van der Waals surface area contributed by atoms with E-state index in [1.165, 1.54) is 17.7 Å². The average Bonchev–Trinajstić information content (AvgIpc) is 2.75. The summed E-state index contributed by atoms with van der Waals surface area (Å²) in [6.45, 7) is 3.05. The van der Waals surface area contributed by atoms with Gasteiger partial charge in [-0.05, 0) is 54.7 Å². The molecule has 3 heterocycles. The average molecular weight is 365 g/mol. The van der Waals surface area contributed by atoms with Gasteiger partial charge in [0.1, 0.15) is 11.6 Å². The molecule has 1 atom stereocenters. The van der Waals surface area contributed by atoms with Crippen LogP contribution >= 0.6 is 0 Å². The third-order valence-corrected chi connectivity index (χ3v) is 5.48. The number of carbonyl (C=O) groups is 1. The molecule has 140 valence electrons. The van der Waals surface area contributed by atoms with Crippen molar-refractivity contribution in [3.63, 3.8) is 0 Å². The Morgan fingerprint density at radius 3 is 2.67 bits per heavy atom. The van der Waals surface area contributed by atoms with E-state index in [1.807, 2.05) is 35.2 Å². The van der Waals surface area contributed by atoms with Gasteiger partial charge >= 0.3 is 0 Å². The van der Waals surface area contributed by atoms with Crippen LogP contribution < -0.4 is 4.90 Å². The Bertz CT molecular complexity index is 819. The first kappa shape index (κ1) is 17.7. The molecule has 1 aromatic heterocycles. The zero-order valence-electron chi connectivity index (χ0n) is 15.4. The number of aromatic nitrogens is 1. The lowest BCUT2D eigenvalue weighted by Crippen LogP contribution is -2.46. The van der Waals surface area contributed by atoms with E-state index < -0.39 is 0 Å². The summed E-state index contributed by atoms with van der Waals surface area (Å²) in [5.74, 6) is 1.00. The van der Waals surface area contributed by atoms with Gasteiger partial charge in [0, 0.05) is 32.4 Å². The molecule has 1 saturated heterocycles. The number of benzene rings is 1. The summed E-state index contributed by atoms with van der Waals surface area (Å²) in [6.07, 6.45) is 6.67. The van der Waals surface area contributed by atoms with Crippen molar-refractivity contribution in [2.24, 2.45) is 5.92 Å². The molecule has 0 N–H and O–H groups in total. The van der Waals surface area contributed by atoms with Crippen molar-refractivity contribution in [3.05, 3.63) is 66.1 Å². The second-order valence-electron chi connectivity index (χ2n) is 7.24. The molecular weight excluding hydrogens is 341 g/mol. The van der Waals surface area contributed by atoms with Crippen LogP contribution in [-0.4, -0.2) is 42.0 Å². The van der Waals surface area contributed by atoms with Crippen LogP contribution in [0.2, 0.25) is 0 Å². The second kappa shape index (κ2) is 7.91. The Labute approximate surface area is 159 Å². The highest BCUT2D eigenvalue weighted by Crippen LogP contribution is 2.26. The molecule has 0 aliphatic carbocycles. The molecule has 0 spiro atoms. The van der Waals surface area contributed by atoms with Crippen LogP contribution in [0.5, 0.6) is 0 Å². The summed E-state index contributed by atoms with van der Waals surface area (Å²) in [7, 11) is 0.